The number of aliphatic hydroxyl groups excluding tert-OH is 1. The van der Waals surface area contributed by atoms with Crippen LogP contribution < -0.4 is 0 Å². The van der Waals surface area contributed by atoms with Crippen molar-refractivity contribution in [1.29, 1.82) is 0 Å². The van der Waals surface area contributed by atoms with Crippen molar-refractivity contribution in [2.45, 2.75) is 50.3 Å². The molecule has 2 aliphatic heterocycles. The topological polar surface area (TPSA) is 23.5 Å². The zero-order valence-corrected chi connectivity index (χ0v) is 8.15. The van der Waals surface area contributed by atoms with Gasteiger partial charge in [-0.05, 0) is 38.6 Å². The highest BCUT2D eigenvalue weighted by Crippen LogP contribution is 2.32. The third-order valence-electron chi connectivity index (χ3n) is 3.50. The monoisotopic (exact) mass is 181 g/mol. The zero-order chi connectivity index (χ0) is 9.26. The molecule has 0 aromatic heterocycles. The second-order valence-electron chi connectivity index (χ2n) is 4.27. The molecule has 0 bridgehead atoms. The minimum Gasteiger partial charge on any atom is -0.391 e. The van der Waals surface area contributed by atoms with Crippen LogP contribution in [0.4, 0.5) is 0 Å². The zero-order valence-electron chi connectivity index (χ0n) is 8.15. The molecule has 0 saturated carbocycles. The van der Waals surface area contributed by atoms with E-state index in [-0.39, 0.29) is 6.10 Å². The molecule has 2 nitrogen and oxygen atoms in total. The number of rotatable bonds is 2. The summed E-state index contributed by atoms with van der Waals surface area (Å²) in [7, 11) is 0. The Labute approximate surface area is 80.2 Å². The third-order valence-corrected chi connectivity index (χ3v) is 3.50. The van der Waals surface area contributed by atoms with Crippen LogP contribution in [0.1, 0.15) is 32.1 Å². The van der Waals surface area contributed by atoms with Gasteiger partial charge in [0.25, 0.3) is 0 Å². The first-order valence-corrected chi connectivity index (χ1v) is 5.37. The minimum atomic E-state index is -0.118. The van der Waals surface area contributed by atoms with Crippen LogP contribution in [-0.4, -0.2) is 34.7 Å². The van der Waals surface area contributed by atoms with Gasteiger partial charge in [-0.25, -0.2) is 0 Å². The summed E-state index contributed by atoms with van der Waals surface area (Å²) < 4.78 is 0. The van der Waals surface area contributed by atoms with Crippen molar-refractivity contribution in [3.8, 4) is 0 Å². The quantitative estimate of drug-likeness (QED) is 0.653. The number of nitrogens with zero attached hydrogens (tertiary/aromatic N) is 1. The van der Waals surface area contributed by atoms with Crippen molar-refractivity contribution in [3.63, 3.8) is 0 Å². The fourth-order valence-electron chi connectivity index (χ4n) is 2.84. The summed E-state index contributed by atoms with van der Waals surface area (Å²) in [5, 5.41) is 9.86. The average molecular weight is 181 g/mol. The molecule has 2 fully saturated rings. The summed E-state index contributed by atoms with van der Waals surface area (Å²) in [6, 6.07) is 1.12. The maximum atomic E-state index is 9.86. The average Bonchev–Trinajstić information content (AvgIpc) is 2.58. The molecule has 3 atom stereocenters. The van der Waals surface area contributed by atoms with Gasteiger partial charge in [0, 0.05) is 12.1 Å². The van der Waals surface area contributed by atoms with Crippen LogP contribution in [0.5, 0.6) is 0 Å². The van der Waals surface area contributed by atoms with Crippen LogP contribution in [0.25, 0.3) is 0 Å². The van der Waals surface area contributed by atoms with E-state index in [0.29, 0.717) is 6.04 Å². The molecule has 2 aliphatic rings. The van der Waals surface area contributed by atoms with Gasteiger partial charge in [0.05, 0.1) is 6.10 Å². The van der Waals surface area contributed by atoms with Gasteiger partial charge in [-0.3, -0.25) is 4.90 Å². The van der Waals surface area contributed by atoms with E-state index >= 15 is 0 Å². The molecule has 74 valence electrons. The van der Waals surface area contributed by atoms with Gasteiger partial charge in [0.15, 0.2) is 0 Å². The number of hydrogen-bond acceptors (Lipinski definition) is 2. The Hall–Kier alpha value is -0.340. The van der Waals surface area contributed by atoms with Crippen molar-refractivity contribution in [2.75, 3.05) is 6.54 Å². The number of piperidine rings is 1. The highest BCUT2D eigenvalue weighted by Gasteiger charge is 2.37. The molecule has 2 saturated heterocycles. The van der Waals surface area contributed by atoms with Crippen molar-refractivity contribution in [3.05, 3.63) is 12.7 Å². The molecule has 0 amide bonds. The molecular formula is C11H19NO. The van der Waals surface area contributed by atoms with Crippen molar-refractivity contribution < 1.29 is 5.11 Å². The molecule has 0 aromatic rings. The van der Waals surface area contributed by atoms with E-state index in [2.05, 4.69) is 11.5 Å². The van der Waals surface area contributed by atoms with E-state index in [0.717, 1.165) is 18.9 Å². The molecular weight excluding hydrogens is 162 g/mol. The largest absolute Gasteiger partial charge is 0.391 e. The summed E-state index contributed by atoms with van der Waals surface area (Å²) in [6.45, 7) is 4.95. The van der Waals surface area contributed by atoms with Gasteiger partial charge < -0.3 is 5.11 Å². The van der Waals surface area contributed by atoms with Crippen molar-refractivity contribution >= 4 is 0 Å². The van der Waals surface area contributed by atoms with Crippen LogP contribution in [0.15, 0.2) is 12.7 Å². The second-order valence-corrected chi connectivity index (χ2v) is 4.27. The van der Waals surface area contributed by atoms with Gasteiger partial charge >= 0.3 is 0 Å². The van der Waals surface area contributed by atoms with Crippen molar-refractivity contribution in [1.82, 2.24) is 4.90 Å². The van der Waals surface area contributed by atoms with Gasteiger partial charge in [-0.15, -0.1) is 6.58 Å². The Balaban J connectivity index is 2.05. The van der Waals surface area contributed by atoms with Crippen molar-refractivity contribution in [2.24, 2.45) is 0 Å². The first-order chi connectivity index (χ1) is 6.33. The van der Waals surface area contributed by atoms with Crippen LogP contribution in [0, 0.1) is 0 Å². The lowest BCUT2D eigenvalue weighted by atomic mass is 9.92. The Morgan fingerprint density at radius 3 is 3.00 bits per heavy atom. The standard InChI is InChI=1S/C11H19NO/c1-2-4-10-11(13)7-6-9-5-3-8-12(9)10/h2,9-11,13H,1,3-8H2/t9-,10+,11+/m1/s1. The Morgan fingerprint density at radius 1 is 1.38 bits per heavy atom. The summed E-state index contributed by atoms with van der Waals surface area (Å²) in [5.41, 5.74) is 0. The molecule has 0 aromatic carbocycles. The lowest BCUT2D eigenvalue weighted by Crippen LogP contribution is -2.50. The maximum absolute atomic E-state index is 9.86. The van der Waals surface area contributed by atoms with Crippen LogP contribution in [-0.2, 0) is 0 Å². The van der Waals surface area contributed by atoms with E-state index in [1.54, 1.807) is 0 Å². The Bertz CT molecular complexity index is 193. The summed E-state index contributed by atoms with van der Waals surface area (Å²) >= 11 is 0. The predicted octanol–water partition coefficient (Wildman–Crippen LogP) is 1.55. The molecule has 0 aliphatic carbocycles. The molecule has 2 heterocycles. The summed E-state index contributed by atoms with van der Waals surface area (Å²) in [6.07, 6.45) is 7.58. The SMILES string of the molecule is C=CC[C@H]1[C@@H](O)CC[C@H]2CCCN21. The van der Waals surface area contributed by atoms with E-state index < -0.39 is 0 Å². The fourth-order valence-corrected chi connectivity index (χ4v) is 2.84. The molecule has 1 N–H and O–H groups in total. The minimum absolute atomic E-state index is 0.118. The van der Waals surface area contributed by atoms with Gasteiger partial charge in [-0.1, -0.05) is 6.08 Å². The van der Waals surface area contributed by atoms with E-state index in [9.17, 15) is 5.11 Å². The molecule has 2 heteroatoms. The maximum Gasteiger partial charge on any atom is 0.0699 e. The molecule has 0 radical (unpaired) electrons. The Morgan fingerprint density at radius 2 is 2.23 bits per heavy atom. The molecule has 0 unspecified atom stereocenters. The Kier molecular flexibility index (Phi) is 2.70. The first-order valence-electron chi connectivity index (χ1n) is 5.37. The summed E-state index contributed by atoms with van der Waals surface area (Å²) in [4.78, 5) is 2.50. The molecule has 13 heavy (non-hydrogen) atoms. The lowest BCUT2D eigenvalue weighted by molar-refractivity contribution is -0.00123. The van der Waals surface area contributed by atoms with Gasteiger partial charge in [0.2, 0.25) is 0 Å². The third kappa shape index (κ3) is 1.65. The number of hydrogen-bond donors (Lipinski definition) is 1. The normalized spacial score (nSPS) is 40.2. The first kappa shape index (κ1) is 9.22. The predicted molar refractivity (Wildman–Crippen MR) is 53.6 cm³/mol. The van der Waals surface area contributed by atoms with Gasteiger partial charge in [-0.2, -0.15) is 0 Å². The smallest absolute Gasteiger partial charge is 0.0699 e. The van der Waals surface area contributed by atoms with Crippen LogP contribution in [0.2, 0.25) is 0 Å². The fraction of sp³-hybridized carbons (Fsp3) is 0.818. The molecule has 2 rings (SSSR count). The second kappa shape index (κ2) is 3.81. The highest BCUT2D eigenvalue weighted by atomic mass is 16.3. The van der Waals surface area contributed by atoms with Crippen LogP contribution >= 0.6 is 0 Å². The van der Waals surface area contributed by atoms with E-state index in [1.165, 1.54) is 25.8 Å². The lowest BCUT2D eigenvalue weighted by Gasteiger charge is -2.40. The van der Waals surface area contributed by atoms with Gasteiger partial charge in [0.1, 0.15) is 0 Å². The van der Waals surface area contributed by atoms with E-state index in [1.807, 2.05) is 6.08 Å². The van der Waals surface area contributed by atoms with E-state index in [4.69, 9.17) is 0 Å². The van der Waals surface area contributed by atoms with Crippen LogP contribution in [0.3, 0.4) is 0 Å². The number of fused-ring (bicyclic) bond motifs is 1. The summed E-state index contributed by atoms with van der Waals surface area (Å²) in [5.74, 6) is 0. The highest BCUT2D eigenvalue weighted by molar-refractivity contribution is 4.96. The molecule has 0 spiro atoms. The number of aliphatic hydroxyl groups is 1.